The van der Waals surface area contributed by atoms with E-state index in [0.717, 1.165) is 51.7 Å². The second kappa shape index (κ2) is 11.4. The first kappa shape index (κ1) is 28.2. The minimum absolute atomic E-state index is 0.0461. The fraction of sp³-hybridized carbons (Fsp3) is 0.759. The number of nitrogens with one attached hydrogen (secondary N) is 2. The number of ether oxygens (including phenoxy) is 1. The molecule has 0 spiro atoms. The first-order valence-corrected chi connectivity index (χ1v) is 15.0. The van der Waals surface area contributed by atoms with Crippen molar-refractivity contribution in [2.45, 2.75) is 88.8 Å². The van der Waals surface area contributed by atoms with Gasteiger partial charge in [0, 0.05) is 38.1 Å². The molecule has 4 fully saturated rings. The predicted molar refractivity (Wildman–Crippen MR) is 146 cm³/mol. The van der Waals surface area contributed by atoms with Crippen molar-refractivity contribution in [1.82, 2.24) is 29.6 Å². The standard InChI is InChI=1S/C29H43F3N6O2/c1-35-18-33-34-27(35)26(20-6-3-7-20)21-8-4-9-22(13-21)37-16-25-24(29(30,31)32)12-19(15-38(25)28(37)39)14-36-11-5-10-23(36)17-40-2/h12,15-16,20-23,26-27,33-34H,3-11,13-14,17-18H2,1-2H3/t21?,22?,23-,26+,27?/m0/s1. The SMILES string of the molecule is COC[C@@H]1CCCN1Cc1cc(C(F)(F)F)c2cn(C3CCCC([C@@H](C4CCC4)C4NNCN4C)C3)c(=O)n2c1. The molecule has 4 aliphatic rings. The highest BCUT2D eigenvalue weighted by atomic mass is 19.4. The summed E-state index contributed by atoms with van der Waals surface area (Å²) >= 11 is 0. The van der Waals surface area contributed by atoms with Crippen LogP contribution in [0.5, 0.6) is 0 Å². The zero-order chi connectivity index (χ0) is 28.0. The third-order valence-electron chi connectivity index (χ3n) is 10.1. The molecule has 6 rings (SSSR count). The molecular formula is C29H43F3N6O2. The molecule has 4 heterocycles. The molecule has 2 aromatic rings. The van der Waals surface area contributed by atoms with Crippen LogP contribution >= 0.6 is 0 Å². The summed E-state index contributed by atoms with van der Waals surface area (Å²) < 4.78 is 51.2. The molecule has 40 heavy (non-hydrogen) atoms. The van der Waals surface area contributed by atoms with Crippen molar-refractivity contribution in [3.05, 3.63) is 40.1 Å². The molecule has 5 atom stereocenters. The molecule has 222 valence electrons. The lowest BCUT2D eigenvalue weighted by Gasteiger charge is -2.46. The monoisotopic (exact) mass is 564 g/mol. The van der Waals surface area contributed by atoms with Crippen LogP contribution in [0.25, 0.3) is 5.52 Å². The number of fused-ring (bicyclic) bond motifs is 1. The number of hydrogen-bond acceptors (Lipinski definition) is 6. The van der Waals surface area contributed by atoms with Crippen LogP contribution in [0, 0.1) is 17.8 Å². The number of alkyl halides is 3. The van der Waals surface area contributed by atoms with E-state index in [1.807, 2.05) is 0 Å². The van der Waals surface area contributed by atoms with Crippen molar-refractivity contribution in [3.63, 3.8) is 0 Å². The number of likely N-dealkylation sites (tertiary alicyclic amines) is 1. The van der Waals surface area contributed by atoms with E-state index >= 15 is 0 Å². The predicted octanol–water partition coefficient (Wildman–Crippen LogP) is 4.20. The lowest BCUT2D eigenvalue weighted by atomic mass is 9.65. The lowest BCUT2D eigenvalue weighted by Crippen LogP contribution is -2.50. The van der Waals surface area contributed by atoms with Gasteiger partial charge in [-0.1, -0.05) is 25.7 Å². The van der Waals surface area contributed by atoms with Crippen LogP contribution in [0.3, 0.4) is 0 Å². The first-order valence-electron chi connectivity index (χ1n) is 15.0. The summed E-state index contributed by atoms with van der Waals surface area (Å²) in [6.45, 7) is 2.53. The average Bonchev–Trinajstić information content (AvgIpc) is 3.60. The summed E-state index contributed by atoms with van der Waals surface area (Å²) in [6.07, 6.45) is 8.20. The van der Waals surface area contributed by atoms with Gasteiger partial charge in [-0.2, -0.15) is 13.2 Å². The van der Waals surface area contributed by atoms with E-state index in [1.165, 1.54) is 35.9 Å². The average molecular weight is 565 g/mol. The number of halogens is 3. The van der Waals surface area contributed by atoms with Gasteiger partial charge in [0.05, 0.1) is 30.5 Å². The number of aromatic nitrogens is 2. The van der Waals surface area contributed by atoms with Gasteiger partial charge in [0.25, 0.3) is 0 Å². The Morgan fingerprint density at radius 3 is 2.52 bits per heavy atom. The van der Waals surface area contributed by atoms with Crippen LogP contribution in [0.4, 0.5) is 13.2 Å². The Bertz CT molecular complexity index is 1240. The van der Waals surface area contributed by atoms with Crippen LogP contribution in [0.15, 0.2) is 23.3 Å². The van der Waals surface area contributed by atoms with E-state index < -0.39 is 11.7 Å². The molecule has 0 amide bonds. The molecule has 3 unspecified atom stereocenters. The molecule has 0 bridgehead atoms. The number of pyridine rings is 1. The Balaban J connectivity index is 1.31. The Labute approximate surface area is 233 Å². The molecule has 2 aromatic heterocycles. The van der Waals surface area contributed by atoms with E-state index in [2.05, 4.69) is 27.7 Å². The molecule has 2 aliphatic heterocycles. The van der Waals surface area contributed by atoms with Gasteiger partial charge >= 0.3 is 11.9 Å². The van der Waals surface area contributed by atoms with Crippen LogP contribution in [0.1, 0.15) is 75.0 Å². The molecule has 8 nitrogen and oxygen atoms in total. The number of hydrogen-bond donors (Lipinski definition) is 2. The highest BCUT2D eigenvalue weighted by Gasteiger charge is 2.44. The molecule has 2 aliphatic carbocycles. The third-order valence-corrected chi connectivity index (χ3v) is 10.1. The molecule has 2 N–H and O–H groups in total. The fourth-order valence-corrected chi connectivity index (χ4v) is 7.96. The fourth-order valence-electron chi connectivity index (χ4n) is 7.96. The zero-order valence-corrected chi connectivity index (χ0v) is 23.6. The molecule has 11 heteroatoms. The second-order valence-corrected chi connectivity index (χ2v) is 12.6. The van der Waals surface area contributed by atoms with E-state index in [9.17, 15) is 18.0 Å². The minimum Gasteiger partial charge on any atom is -0.383 e. The maximum absolute atomic E-state index is 14.3. The van der Waals surface area contributed by atoms with Gasteiger partial charge in [-0.3, -0.25) is 18.8 Å². The van der Waals surface area contributed by atoms with Crippen LogP contribution in [-0.4, -0.2) is 65.0 Å². The van der Waals surface area contributed by atoms with Crippen molar-refractivity contribution in [2.75, 3.05) is 34.0 Å². The van der Waals surface area contributed by atoms with Gasteiger partial charge in [0.15, 0.2) is 0 Å². The smallest absolute Gasteiger partial charge is 0.383 e. The van der Waals surface area contributed by atoms with Gasteiger partial charge in [-0.25, -0.2) is 15.6 Å². The lowest BCUT2D eigenvalue weighted by molar-refractivity contribution is -0.136. The largest absolute Gasteiger partial charge is 0.418 e. The Morgan fingerprint density at radius 1 is 1.07 bits per heavy atom. The maximum Gasteiger partial charge on any atom is 0.418 e. The van der Waals surface area contributed by atoms with E-state index in [-0.39, 0.29) is 29.5 Å². The molecular weight excluding hydrogens is 521 g/mol. The van der Waals surface area contributed by atoms with Gasteiger partial charge in [0.2, 0.25) is 0 Å². The third kappa shape index (κ3) is 5.35. The van der Waals surface area contributed by atoms with Gasteiger partial charge in [-0.05, 0) is 75.1 Å². The van der Waals surface area contributed by atoms with E-state index in [1.54, 1.807) is 17.9 Å². The summed E-state index contributed by atoms with van der Waals surface area (Å²) in [5.41, 5.74) is 6.13. The highest BCUT2D eigenvalue weighted by Crippen LogP contribution is 2.47. The Hall–Kier alpha value is -1.92. The number of hydrazine groups is 1. The minimum atomic E-state index is -4.55. The van der Waals surface area contributed by atoms with E-state index in [0.29, 0.717) is 36.5 Å². The highest BCUT2D eigenvalue weighted by molar-refractivity contribution is 5.56. The van der Waals surface area contributed by atoms with Crippen molar-refractivity contribution in [1.29, 1.82) is 0 Å². The summed E-state index contributed by atoms with van der Waals surface area (Å²) in [7, 11) is 3.78. The summed E-state index contributed by atoms with van der Waals surface area (Å²) in [5.74, 6) is 1.53. The molecule has 2 saturated carbocycles. The Morgan fingerprint density at radius 2 is 1.85 bits per heavy atom. The number of imidazole rings is 1. The number of rotatable bonds is 8. The normalized spacial score (nSPS) is 29.8. The molecule has 0 radical (unpaired) electrons. The first-order chi connectivity index (χ1) is 19.2. The van der Waals surface area contributed by atoms with Crippen LogP contribution < -0.4 is 16.5 Å². The number of nitrogens with zero attached hydrogens (tertiary/aromatic N) is 4. The van der Waals surface area contributed by atoms with Gasteiger partial charge < -0.3 is 4.74 Å². The zero-order valence-electron chi connectivity index (χ0n) is 23.6. The van der Waals surface area contributed by atoms with Gasteiger partial charge in [0.1, 0.15) is 0 Å². The Kier molecular flexibility index (Phi) is 8.04. The van der Waals surface area contributed by atoms with E-state index in [4.69, 9.17) is 4.74 Å². The van der Waals surface area contributed by atoms with Crippen LogP contribution in [-0.2, 0) is 17.5 Å². The van der Waals surface area contributed by atoms with Crippen molar-refractivity contribution >= 4 is 5.52 Å². The summed E-state index contributed by atoms with van der Waals surface area (Å²) in [5, 5.41) is 0. The molecule has 2 saturated heterocycles. The van der Waals surface area contributed by atoms with Crippen molar-refractivity contribution in [2.24, 2.45) is 17.8 Å². The van der Waals surface area contributed by atoms with Crippen LogP contribution in [0.2, 0.25) is 0 Å². The summed E-state index contributed by atoms with van der Waals surface area (Å²) in [4.78, 5) is 18.2. The second-order valence-electron chi connectivity index (χ2n) is 12.6. The van der Waals surface area contributed by atoms with Crippen molar-refractivity contribution < 1.29 is 17.9 Å². The topological polar surface area (TPSA) is 66.2 Å². The maximum atomic E-state index is 14.3. The molecule has 0 aromatic carbocycles. The van der Waals surface area contributed by atoms with Gasteiger partial charge in [-0.15, -0.1) is 0 Å². The summed E-state index contributed by atoms with van der Waals surface area (Å²) in [6, 6.07) is 1.33. The number of methoxy groups -OCH3 is 1. The van der Waals surface area contributed by atoms with Crippen molar-refractivity contribution in [3.8, 4) is 0 Å². The quantitative estimate of drug-likeness (QED) is 0.501.